The number of nitrogens with zero attached hydrogens (tertiary/aromatic N) is 6. The van der Waals surface area contributed by atoms with Gasteiger partial charge in [-0.25, -0.2) is 24.2 Å². The molecule has 2 aromatic carbocycles. The molecule has 22 heteroatoms. The highest BCUT2D eigenvalue weighted by Crippen LogP contribution is 2.43. The minimum Gasteiger partial charge on any atom is -0.450 e. The highest BCUT2D eigenvalue weighted by molar-refractivity contribution is 7.14. The van der Waals surface area contributed by atoms with Crippen molar-refractivity contribution < 1.29 is 52.6 Å². The predicted octanol–water partition coefficient (Wildman–Crippen LogP) is 6.56. The number of anilines is 1. The first-order valence-electron chi connectivity index (χ1n) is 22.9. The maximum atomic E-state index is 14.2. The Morgan fingerprint density at radius 1 is 0.886 bits per heavy atom. The van der Waals surface area contributed by atoms with E-state index in [1.807, 2.05) is 60.7 Å². The number of carbonyl (C=O) groups excluding carboxylic acids is 6. The van der Waals surface area contributed by atoms with Gasteiger partial charge in [0.2, 0.25) is 11.5 Å². The molecule has 0 unspecified atom stereocenters. The quantitative estimate of drug-likeness (QED) is 0.0206. The minimum absolute atomic E-state index is 0.0121. The number of nitrogens with one attached hydrogen (secondary N) is 4. The van der Waals surface area contributed by atoms with Gasteiger partial charge in [0.25, 0.3) is 5.91 Å². The molecular formula is C48H62N10O11S. The summed E-state index contributed by atoms with van der Waals surface area (Å²) in [6.45, 7) is 17.9. The van der Waals surface area contributed by atoms with Gasteiger partial charge in [-0.3, -0.25) is 19.8 Å². The van der Waals surface area contributed by atoms with Crippen molar-refractivity contribution in [3.63, 3.8) is 0 Å². The summed E-state index contributed by atoms with van der Waals surface area (Å²) in [5.74, 6) is -2.06. The fraction of sp³-hybridized carbons (Fsp3) is 0.500. The highest BCUT2D eigenvalue weighted by atomic mass is 32.1. The van der Waals surface area contributed by atoms with Crippen LogP contribution in [0.5, 0.6) is 0 Å². The molecule has 0 bridgehead atoms. The molecule has 0 radical (unpaired) electrons. The fourth-order valence-corrected chi connectivity index (χ4v) is 7.51. The van der Waals surface area contributed by atoms with E-state index in [0.717, 1.165) is 22.5 Å². The lowest BCUT2D eigenvalue weighted by Gasteiger charge is -2.36. The van der Waals surface area contributed by atoms with Crippen molar-refractivity contribution >= 4 is 58.2 Å². The summed E-state index contributed by atoms with van der Waals surface area (Å²) >= 11 is 0.984. The van der Waals surface area contributed by atoms with Gasteiger partial charge in [0.1, 0.15) is 34.2 Å². The van der Waals surface area contributed by atoms with Crippen molar-refractivity contribution in [1.82, 2.24) is 40.8 Å². The summed E-state index contributed by atoms with van der Waals surface area (Å²) in [7, 11) is 0. The van der Waals surface area contributed by atoms with E-state index in [4.69, 9.17) is 23.8 Å². The van der Waals surface area contributed by atoms with Crippen LogP contribution in [-0.2, 0) is 44.7 Å². The summed E-state index contributed by atoms with van der Waals surface area (Å²) in [5.41, 5.74) is -2.30. The Labute approximate surface area is 410 Å². The second-order valence-electron chi connectivity index (χ2n) is 19.8. The van der Waals surface area contributed by atoms with Crippen molar-refractivity contribution in [2.45, 2.75) is 142 Å². The van der Waals surface area contributed by atoms with Crippen molar-refractivity contribution in [3.8, 4) is 0 Å². The highest BCUT2D eigenvalue weighted by Gasteiger charge is 2.56. The molecule has 1 aliphatic carbocycles. The largest absolute Gasteiger partial charge is 0.450 e. The van der Waals surface area contributed by atoms with Crippen molar-refractivity contribution in [2.24, 2.45) is 5.16 Å². The van der Waals surface area contributed by atoms with Gasteiger partial charge < -0.3 is 39.7 Å². The van der Waals surface area contributed by atoms with Crippen LogP contribution in [0.25, 0.3) is 0 Å². The van der Waals surface area contributed by atoms with E-state index >= 15 is 0 Å². The lowest BCUT2D eigenvalue weighted by atomic mass is 9.98. The molecule has 70 heavy (non-hydrogen) atoms. The first-order valence-corrected chi connectivity index (χ1v) is 23.8. The van der Waals surface area contributed by atoms with Crippen LogP contribution in [-0.4, -0.2) is 114 Å². The van der Waals surface area contributed by atoms with Crippen LogP contribution < -0.4 is 21.3 Å². The Bertz CT molecular complexity index is 2490. The molecule has 2 aromatic heterocycles. The zero-order valence-corrected chi connectivity index (χ0v) is 41.9. The number of amides is 5. The predicted molar refractivity (Wildman–Crippen MR) is 256 cm³/mol. The van der Waals surface area contributed by atoms with Gasteiger partial charge in [-0.15, -0.1) is 11.3 Å². The zero-order valence-electron chi connectivity index (χ0n) is 41.1. The molecule has 376 valence electrons. The van der Waals surface area contributed by atoms with E-state index in [2.05, 4.69) is 41.6 Å². The van der Waals surface area contributed by atoms with Gasteiger partial charge in [-0.05, 0) is 86.8 Å². The van der Waals surface area contributed by atoms with E-state index in [0.29, 0.717) is 12.1 Å². The molecule has 3 atom stereocenters. The number of hydrogen-bond donors (Lipinski definition) is 4. The summed E-state index contributed by atoms with van der Waals surface area (Å²) in [6, 6.07) is 16.1. The molecule has 5 amide bonds. The molecular weight excluding hydrogens is 925 g/mol. The summed E-state index contributed by atoms with van der Waals surface area (Å²) < 4.78 is 22.5. The SMILES string of the molecule is C[C@@H](c1cnn(C[C@H]2NC(=O)[C@H]2NC(=O)C(=NOC2(C(=O)OC(c3ccccc3)c3ccccc3)CC2)c2csc(NC(=O)OC(C)(C)C)n2)n1)N(CCCNC(=O)OC(C)(C)C)C(=O)OC(C)(C)C. The monoisotopic (exact) mass is 986 g/mol. The van der Waals surface area contributed by atoms with Gasteiger partial charge in [-0.1, -0.05) is 65.8 Å². The van der Waals surface area contributed by atoms with Crippen LogP contribution in [0.1, 0.15) is 123 Å². The molecule has 6 rings (SSSR count). The molecule has 1 saturated heterocycles. The Balaban J connectivity index is 1.17. The van der Waals surface area contributed by atoms with E-state index in [-0.39, 0.29) is 49.0 Å². The Hall–Kier alpha value is -7.10. The smallest absolute Gasteiger partial charge is 0.413 e. The van der Waals surface area contributed by atoms with Crippen LogP contribution in [0.3, 0.4) is 0 Å². The molecule has 2 aliphatic rings. The third-order valence-corrected chi connectivity index (χ3v) is 11.1. The number of rotatable bonds is 18. The van der Waals surface area contributed by atoms with Crippen molar-refractivity contribution in [3.05, 3.63) is 94.8 Å². The molecule has 4 aromatic rings. The summed E-state index contributed by atoms with van der Waals surface area (Å²) in [6.07, 6.45) is -0.354. The number of alkyl carbamates (subject to hydrolysis) is 1. The second-order valence-corrected chi connectivity index (χ2v) is 20.7. The Morgan fingerprint density at radius 3 is 2.06 bits per heavy atom. The van der Waals surface area contributed by atoms with Gasteiger partial charge in [-0.2, -0.15) is 15.0 Å². The number of aromatic nitrogens is 4. The summed E-state index contributed by atoms with van der Waals surface area (Å²) in [4.78, 5) is 92.6. The number of thiazole rings is 1. The minimum atomic E-state index is -1.52. The van der Waals surface area contributed by atoms with Gasteiger partial charge >= 0.3 is 24.2 Å². The van der Waals surface area contributed by atoms with Crippen molar-refractivity contribution in [2.75, 3.05) is 18.4 Å². The lowest BCUT2D eigenvalue weighted by Crippen LogP contribution is -2.70. The van der Waals surface area contributed by atoms with E-state index in [1.165, 1.54) is 21.3 Å². The average molecular weight is 987 g/mol. The maximum absolute atomic E-state index is 14.2. The van der Waals surface area contributed by atoms with Gasteiger partial charge in [0.05, 0.1) is 24.8 Å². The lowest BCUT2D eigenvalue weighted by molar-refractivity contribution is -0.164. The standard InChI is InChI=1S/C48H62N10O11S/c1-29(57(44(64)68-47(8,9)10)25-17-24-49-42(62)66-45(2,3)4)32-26-50-58(55-32)27-33-35(38(59)51-33)53-39(60)36(34-28-70-41(52-34)54-43(63)67-46(5,6)7)56-69-48(22-23-48)40(61)65-37(30-18-13-11-14-19-30)31-20-15-12-16-21-31/h11-16,18-21,26,28-29,33,35,37H,17,22-25,27H2,1-10H3,(H,49,62)(H,51,59)(H,53,60)(H,52,54,63)/t29-,33+,35-/m0/s1. The number of ether oxygens (including phenoxy) is 4. The third-order valence-electron chi connectivity index (χ3n) is 10.4. The Kier molecular flexibility index (Phi) is 16.2. The van der Waals surface area contributed by atoms with Crippen LogP contribution in [0, 0.1) is 0 Å². The van der Waals surface area contributed by atoms with E-state index < -0.39 is 82.7 Å². The first kappa shape index (κ1) is 52.3. The number of benzene rings is 2. The number of carbonyl (C=O) groups is 6. The van der Waals surface area contributed by atoms with Crippen LogP contribution in [0.2, 0.25) is 0 Å². The molecule has 3 heterocycles. The number of esters is 1. The van der Waals surface area contributed by atoms with Crippen LogP contribution in [0.4, 0.5) is 19.5 Å². The van der Waals surface area contributed by atoms with Crippen molar-refractivity contribution in [1.29, 1.82) is 0 Å². The maximum Gasteiger partial charge on any atom is 0.413 e. The molecule has 1 saturated carbocycles. The topological polar surface area (TPSA) is 256 Å². The Morgan fingerprint density at radius 2 is 1.49 bits per heavy atom. The zero-order chi connectivity index (χ0) is 51.0. The fourth-order valence-electron chi connectivity index (χ4n) is 6.83. The second kappa shape index (κ2) is 21.7. The van der Waals surface area contributed by atoms with Gasteiger partial charge in [0, 0.05) is 31.3 Å². The van der Waals surface area contributed by atoms with E-state index in [1.54, 1.807) is 69.2 Å². The van der Waals surface area contributed by atoms with E-state index in [9.17, 15) is 28.8 Å². The first-order chi connectivity index (χ1) is 32.9. The molecule has 21 nitrogen and oxygen atoms in total. The third kappa shape index (κ3) is 14.7. The number of hydrogen-bond acceptors (Lipinski definition) is 16. The van der Waals surface area contributed by atoms with Gasteiger partial charge in [0.15, 0.2) is 16.9 Å². The molecule has 4 N–H and O–H groups in total. The van der Waals surface area contributed by atoms with Crippen LogP contribution >= 0.6 is 11.3 Å². The summed E-state index contributed by atoms with van der Waals surface area (Å²) in [5, 5.41) is 25.4. The molecule has 0 spiro atoms. The van der Waals surface area contributed by atoms with Crippen LogP contribution in [0.15, 0.2) is 77.4 Å². The number of oxime groups is 1. The number of β-lactam (4-membered cyclic amide) rings is 1. The molecule has 2 fully saturated rings. The average Bonchev–Trinajstić information content (AvgIpc) is 3.67. The molecule has 1 aliphatic heterocycles. The normalized spacial score (nSPS) is 17.0.